The fraction of sp³-hybridized carbons (Fsp3) is 0.810. The first-order valence-electron chi connectivity index (χ1n) is 10.9. The molecule has 180 valence electrons. The summed E-state index contributed by atoms with van der Waals surface area (Å²) in [7, 11) is 0. The average molecular weight is 461 g/mol. The third kappa shape index (κ3) is 9.06. The first-order chi connectivity index (χ1) is 14.4. The van der Waals surface area contributed by atoms with E-state index in [1.807, 2.05) is 27.7 Å². The second kappa shape index (κ2) is 14.3. The number of carbonyl (C=O) groups is 4. The zero-order chi connectivity index (χ0) is 24.3. The number of nitrogens with two attached hydrogens (primary N) is 1. The predicted octanol–water partition coefficient (Wildman–Crippen LogP) is 0.921. The lowest BCUT2D eigenvalue weighted by atomic mass is 9.93. The van der Waals surface area contributed by atoms with Gasteiger partial charge in [-0.3, -0.25) is 14.4 Å². The third-order valence-corrected chi connectivity index (χ3v) is 6.29. The van der Waals surface area contributed by atoms with E-state index in [0.717, 1.165) is 0 Å². The van der Waals surface area contributed by atoms with Gasteiger partial charge >= 0.3 is 5.97 Å². The Hall–Kier alpha value is -1.81. The fourth-order valence-electron chi connectivity index (χ4n) is 2.92. The Kier molecular flexibility index (Phi) is 13.5. The number of amides is 3. The molecule has 0 saturated heterocycles. The molecule has 0 heterocycles. The van der Waals surface area contributed by atoms with Crippen molar-refractivity contribution < 1.29 is 24.3 Å². The number of carbonyl (C=O) groups excluding carboxylic acids is 3. The van der Waals surface area contributed by atoms with Crippen molar-refractivity contribution in [1.29, 1.82) is 0 Å². The molecule has 6 N–H and O–H groups in total. The lowest BCUT2D eigenvalue weighted by Gasteiger charge is -2.30. The van der Waals surface area contributed by atoms with Gasteiger partial charge in [0, 0.05) is 5.75 Å². The van der Waals surface area contributed by atoms with Gasteiger partial charge < -0.3 is 26.8 Å². The summed E-state index contributed by atoms with van der Waals surface area (Å²) in [5, 5.41) is 17.4. The van der Waals surface area contributed by atoms with E-state index in [1.54, 1.807) is 13.8 Å². The number of rotatable bonds is 14. The van der Waals surface area contributed by atoms with Crippen LogP contribution in [0.2, 0.25) is 0 Å². The van der Waals surface area contributed by atoms with Crippen LogP contribution in [0.15, 0.2) is 0 Å². The minimum Gasteiger partial charge on any atom is -0.480 e. The van der Waals surface area contributed by atoms with Crippen LogP contribution >= 0.6 is 12.6 Å². The van der Waals surface area contributed by atoms with E-state index in [4.69, 9.17) is 5.73 Å². The summed E-state index contributed by atoms with van der Waals surface area (Å²) in [4.78, 5) is 49.8. The van der Waals surface area contributed by atoms with Crippen LogP contribution in [0, 0.1) is 17.8 Å². The summed E-state index contributed by atoms with van der Waals surface area (Å²) < 4.78 is 0. The highest BCUT2D eigenvalue weighted by atomic mass is 32.1. The van der Waals surface area contributed by atoms with Gasteiger partial charge in [0.25, 0.3) is 0 Å². The average Bonchev–Trinajstić information content (AvgIpc) is 2.76. The highest BCUT2D eigenvalue weighted by Crippen LogP contribution is 2.14. The van der Waals surface area contributed by atoms with E-state index in [0.29, 0.717) is 19.3 Å². The van der Waals surface area contributed by atoms with Crippen molar-refractivity contribution in [1.82, 2.24) is 16.0 Å². The van der Waals surface area contributed by atoms with E-state index in [2.05, 4.69) is 28.6 Å². The number of hydrogen-bond acceptors (Lipinski definition) is 6. The lowest BCUT2D eigenvalue weighted by molar-refractivity contribution is -0.144. The molecule has 10 heteroatoms. The Morgan fingerprint density at radius 3 is 1.39 bits per heavy atom. The first-order valence-corrected chi connectivity index (χ1v) is 11.6. The minimum atomic E-state index is -1.12. The van der Waals surface area contributed by atoms with Crippen LogP contribution in [0.5, 0.6) is 0 Å². The molecule has 7 unspecified atom stereocenters. The van der Waals surface area contributed by atoms with Gasteiger partial charge in [-0.1, -0.05) is 60.8 Å². The van der Waals surface area contributed by atoms with E-state index in [9.17, 15) is 24.3 Å². The SMILES string of the molecule is CCC(C)C(NC(=O)C(NC(=O)C(NC(=O)C(N)CS)C(C)CC)C(C)CC)C(=O)O. The normalized spacial score (nSPS) is 17.9. The molecule has 0 spiro atoms. The summed E-state index contributed by atoms with van der Waals surface area (Å²) in [6.07, 6.45) is 1.78. The van der Waals surface area contributed by atoms with Crippen molar-refractivity contribution in [3.8, 4) is 0 Å². The molecule has 3 amide bonds. The third-order valence-electron chi connectivity index (χ3n) is 5.90. The maximum absolute atomic E-state index is 13.1. The fourth-order valence-corrected chi connectivity index (χ4v) is 3.08. The van der Waals surface area contributed by atoms with Gasteiger partial charge in [-0.05, 0) is 17.8 Å². The van der Waals surface area contributed by atoms with Gasteiger partial charge in [-0.2, -0.15) is 12.6 Å². The summed E-state index contributed by atoms with van der Waals surface area (Å²) >= 11 is 4.01. The van der Waals surface area contributed by atoms with Crippen LogP contribution in [0.25, 0.3) is 0 Å². The van der Waals surface area contributed by atoms with E-state index >= 15 is 0 Å². The highest BCUT2D eigenvalue weighted by molar-refractivity contribution is 7.80. The van der Waals surface area contributed by atoms with Gasteiger partial charge in [0.2, 0.25) is 17.7 Å². The van der Waals surface area contributed by atoms with Crippen LogP contribution in [0.4, 0.5) is 0 Å². The molecular formula is C21H40N4O5S. The molecule has 0 radical (unpaired) electrons. The Morgan fingerprint density at radius 1 is 0.742 bits per heavy atom. The summed E-state index contributed by atoms with van der Waals surface area (Å²) in [5.74, 6) is -3.28. The number of nitrogens with one attached hydrogen (secondary N) is 3. The Bertz CT molecular complexity index is 619. The Balaban J connectivity index is 5.63. The smallest absolute Gasteiger partial charge is 0.326 e. The summed E-state index contributed by atoms with van der Waals surface area (Å²) in [6, 6.07) is -3.74. The molecule has 7 atom stereocenters. The van der Waals surface area contributed by atoms with Crippen molar-refractivity contribution in [3.63, 3.8) is 0 Å². The van der Waals surface area contributed by atoms with Crippen molar-refractivity contribution >= 4 is 36.3 Å². The monoisotopic (exact) mass is 460 g/mol. The van der Waals surface area contributed by atoms with Crippen molar-refractivity contribution in [2.24, 2.45) is 23.5 Å². The Morgan fingerprint density at radius 2 is 1.06 bits per heavy atom. The van der Waals surface area contributed by atoms with Gasteiger partial charge in [0.1, 0.15) is 18.1 Å². The summed E-state index contributed by atoms with van der Waals surface area (Å²) in [5.41, 5.74) is 5.71. The Labute approximate surface area is 191 Å². The standard InChI is InChI=1S/C21H40N4O5S/c1-7-11(4)15(23-18(26)14(22)10-31)19(27)24-16(12(5)8-2)20(28)25-17(21(29)30)13(6)9-3/h11-17,31H,7-10,22H2,1-6H3,(H,23,26)(H,24,27)(H,25,28)(H,29,30). The van der Waals surface area contributed by atoms with Crippen LogP contribution < -0.4 is 21.7 Å². The number of hydrogen-bond donors (Lipinski definition) is 6. The number of carboxylic acids is 1. The van der Waals surface area contributed by atoms with Crippen LogP contribution in [0.1, 0.15) is 60.8 Å². The topological polar surface area (TPSA) is 151 Å². The van der Waals surface area contributed by atoms with Crippen LogP contribution in [0.3, 0.4) is 0 Å². The molecule has 0 aliphatic heterocycles. The second-order valence-corrected chi connectivity index (χ2v) is 8.61. The number of thiol groups is 1. The molecule has 31 heavy (non-hydrogen) atoms. The molecule has 0 saturated carbocycles. The molecule has 0 aromatic rings. The molecule has 0 bridgehead atoms. The van der Waals surface area contributed by atoms with Gasteiger partial charge in [-0.15, -0.1) is 0 Å². The molecule has 0 rings (SSSR count). The zero-order valence-corrected chi connectivity index (χ0v) is 20.4. The first kappa shape index (κ1) is 29.2. The van der Waals surface area contributed by atoms with Crippen LogP contribution in [-0.2, 0) is 19.2 Å². The summed E-state index contributed by atoms with van der Waals surface area (Å²) in [6.45, 7) is 11.0. The molecule has 9 nitrogen and oxygen atoms in total. The molecule has 0 fully saturated rings. The second-order valence-electron chi connectivity index (χ2n) is 8.24. The zero-order valence-electron chi connectivity index (χ0n) is 19.5. The largest absolute Gasteiger partial charge is 0.480 e. The van der Waals surface area contributed by atoms with Crippen molar-refractivity contribution in [2.45, 2.75) is 85.0 Å². The maximum Gasteiger partial charge on any atom is 0.326 e. The van der Waals surface area contributed by atoms with Gasteiger partial charge in [-0.25, -0.2) is 4.79 Å². The van der Waals surface area contributed by atoms with Crippen molar-refractivity contribution in [2.75, 3.05) is 5.75 Å². The molecule has 0 aliphatic rings. The van der Waals surface area contributed by atoms with Crippen molar-refractivity contribution in [3.05, 3.63) is 0 Å². The van der Waals surface area contributed by atoms with Gasteiger partial charge in [0.15, 0.2) is 0 Å². The van der Waals surface area contributed by atoms with E-state index < -0.39 is 47.9 Å². The quantitative estimate of drug-likeness (QED) is 0.212. The highest BCUT2D eigenvalue weighted by Gasteiger charge is 2.35. The number of aliphatic carboxylic acids is 1. The molecule has 0 aliphatic carbocycles. The molecule has 0 aromatic carbocycles. The molecule has 0 aromatic heterocycles. The van der Waals surface area contributed by atoms with E-state index in [-0.39, 0.29) is 23.5 Å². The predicted molar refractivity (Wildman–Crippen MR) is 124 cm³/mol. The van der Waals surface area contributed by atoms with Crippen LogP contribution in [-0.4, -0.2) is 58.7 Å². The van der Waals surface area contributed by atoms with E-state index in [1.165, 1.54) is 0 Å². The van der Waals surface area contributed by atoms with Gasteiger partial charge in [0.05, 0.1) is 6.04 Å². The minimum absolute atomic E-state index is 0.130. The number of carboxylic acid groups (broad SMARTS) is 1. The lowest BCUT2D eigenvalue weighted by Crippen LogP contribution is -2.60. The maximum atomic E-state index is 13.1. The molecular weight excluding hydrogens is 420 g/mol.